The minimum atomic E-state index is -2.63. The maximum atomic E-state index is 13.8. The van der Waals surface area contributed by atoms with E-state index in [9.17, 15) is 35.0 Å². The second kappa shape index (κ2) is 7.68. The monoisotopic (exact) mass is 466 g/mol. The molecule has 0 aromatic heterocycles. The number of nitrogens with two attached hydrogens (primary N) is 1. The number of nitrogens with zero attached hydrogens (tertiary/aromatic N) is 3. The molecule has 0 aliphatic heterocycles. The van der Waals surface area contributed by atoms with Gasteiger partial charge in [-0.3, -0.25) is 19.3 Å². The molecular weight excluding hydrogens is 440 g/mol. The number of carbonyl (C=O) groups excluding carboxylic acids is 3. The molecule has 1 aromatic rings. The second-order valence-electron chi connectivity index (χ2n) is 9.45. The molecule has 0 radical (unpaired) electrons. The van der Waals surface area contributed by atoms with Gasteiger partial charge in [0.05, 0.1) is 17.7 Å². The van der Waals surface area contributed by atoms with Gasteiger partial charge in [-0.1, -0.05) is 0 Å². The molecule has 10 heteroatoms. The van der Waals surface area contributed by atoms with Crippen LogP contribution < -0.4 is 10.6 Å². The van der Waals surface area contributed by atoms with Crippen LogP contribution in [-0.4, -0.2) is 77.5 Å². The van der Waals surface area contributed by atoms with E-state index in [0.717, 1.165) is 5.69 Å². The van der Waals surface area contributed by atoms with Crippen molar-refractivity contribution in [1.82, 2.24) is 4.90 Å². The number of ketones is 2. The molecule has 0 unspecified atom stereocenters. The first kappa shape index (κ1) is 23.5. The number of carbonyl (C=O) groups is 3. The van der Waals surface area contributed by atoms with Crippen molar-refractivity contribution in [3.05, 3.63) is 45.7 Å². The highest BCUT2D eigenvalue weighted by molar-refractivity contribution is 6.24. The van der Waals surface area contributed by atoms with Crippen molar-refractivity contribution < 1.29 is 29.7 Å². The van der Waals surface area contributed by atoms with Gasteiger partial charge in [0.15, 0.2) is 11.4 Å². The van der Waals surface area contributed by atoms with E-state index < -0.39 is 58.0 Å². The quantitative estimate of drug-likeness (QED) is 0.455. The molecule has 3 aliphatic carbocycles. The fraction of sp³-hybridized carbons (Fsp3) is 0.417. The van der Waals surface area contributed by atoms with Gasteiger partial charge in [0.2, 0.25) is 5.78 Å². The Labute approximate surface area is 196 Å². The lowest BCUT2D eigenvalue weighted by Gasteiger charge is -2.50. The van der Waals surface area contributed by atoms with Gasteiger partial charge in [0.25, 0.3) is 5.91 Å². The lowest BCUT2D eigenvalue weighted by atomic mass is 9.57. The Hall–Kier alpha value is -3.68. The van der Waals surface area contributed by atoms with Crippen LogP contribution in [0.3, 0.4) is 0 Å². The Kier molecular flexibility index (Phi) is 5.31. The molecule has 178 valence electrons. The molecule has 4 atom stereocenters. The van der Waals surface area contributed by atoms with Crippen molar-refractivity contribution in [2.24, 2.45) is 17.6 Å². The number of hydrogen-bond acceptors (Lipinski definition) is 9. The highest BCUT2D eigenvalue weighted by atomic mass is 16.3. The van der Waals surface area contributed by atoms with Crippen molar-refractivity contribution in [2.45, 2.75) is 24.5 Å². The molecule has 1 aromatic carbocycles. The zero-order valence-corrected chi connectivity index (χ0v) is 19.3. The highest BCUT2D eigenvalue weighted by Gasteiger charge is 2.64. The summed E-state index contributed by atoms with van der Waals surface area (Å²) in [6.45, 7) is 0. The lowest BCUT2D eigenvalue weighted by molar-refractivity contribution is -0.153. The van der Waals surface area contributed by atoms with Crippen LogP contribution in [0, 0.1) is 23.2 Å². The number of Topliss-reactive ketones (excluding diaryl/α,β-unsaturated/α-hetero) is 2. The highest BCUT2D eigenvalue weighted by Crippen LogP contribution is 2.52. The SMILES string of the molecule is CN(C)c1ccc(C#N)c2c1C[C@H]1C[C@H]3[C@H](N(C)C)C(=O)C(C(N)=O)=C(O)[C@@]3(O)C(=O)C1=C2O. The Bertz CT molecular complexity index is 1250. The number of aliphatic hydroxyl groups is 3. The molecule has 0 spiro atoms. The average Bonchev–Trinajstić information content (AvgIpc) is 2.74. The molecule has 0 bridgehead atoms. The number of benzene rings is 1. The number of amides is 1. The van der Waals surface area contributed by atoms with Crippen molar-refractivity contribution in [2.75, 3.05) is 33.1 Å². The number of aliphatic hydroxyl groups excluding tert-OH is 2. The van der Waals surface area contributed by atoms with E-state index in [2.05, 4.69) is 0 Å². The van der Waals surface area contributed by atoms with Crippen LogP contribution in [0.15, 0.2) is 29.0 Å². The third-order valence-electron chi connectivity index (χ3n) is 7.20. The van der Waals surface area contributed by atoms with Gasteiger partial charge in [-0.15, -0.1) is 0 Å². The summed E-state index contributed by atoms with van der Waals surface area (Å²) in [4.78, 5) is 42.2. The molecule has 1 saturated carbocycles. The number of fused-ring (bicyclic) bond motifs is 3. The second-order valence-corrected chi connectivity index (χ2v) is 9.45. The largest absolute Gasteiger partial charge is 0.508 e. The van der Waals surface area contributed by atoms with E-state index in [-0.39, 0.29) is 29.5 Å². The molecule has 0 heterocycles. The number of rotatable bonds is 3. The van der Waals surface area contributed by atoms with Gasteiger partial charge >= 0.3 is 0 Å². The third kappa shape index (κ3) is 2.90. The van der Waals surface area contributed by atoms with Gasteiger partial charge in [-0.2, -0.15) is 5.26 Å². The van der Waals surface area contributed by atoms with Crippen molar-refractivity contribution in [3.63, 3.8) is 0 Å². The summed E-state index contributed by atoms with van der Waals surface area (Å²) in [5.41, 5.74) is 3.52. The van der Waals surface area contributed by atoms with Gasteiger partial charge in [-0.05, 0) is 50.6 Å². The molecule has 3 aliphatic rings. The van der Waals surface area contributed by atoms with Gasteiger partial charge < -0.3 is 26.0 Å². The zero-order valence-electron chi connectivity index (χ0n) is 19.3. The van der Waals surface area contributed by atoms with Crippen molar-refractivity contribution in [3.8, 4) is 6.07 Å². The van der Waals surface area contributed by atoms with Gasteiger partial charge in [0.1, 0.15) is 17.1 Å². The van der Waals surface area contributed by atoms with E-state index in [0.29, 0.717) is 5.56 Å². The summed E-state index contributed by atoms with van der Waals surface area (Å²) >= 11 is 0. The molecule has 1 amide bonds. The predicted octanol–water partition coefficient (Wildman–Crippen LogP) is 0.196. The summed E-state index contributed by atoms with van der Waals surface area (Å²) in [5, 5.41) is 43.3. The Morgan fingerprint density at radius 3 is 2.38 bits per heavy atom. The van der Waals surface area contributed by atoms with Crippen LogP contribution in [0.5, 0.6) is 0 Å². The van der Waals surface area contributed by atoms with Crippen LogP contribution in [0.1, 0.15) is 23.1 Å². The molecular formula is C24H26N4O6. The summed E-state index contributed by atoms with van der Waals surface area (Å²) in [7, 11) is 6.77. The Morgan fingerprint density at radius 2 is 1.85 bits per heavy atom. The molecule has 10 nitrogen and oxygen atoms in total. The van der Waals surface area contributed by atoms with Crippen molar-refractivity contribution in [1.29, 1.82) is 5.26 Å². The molecule has 34 heavy (non-hydrogen) atoms. The summed E-state index contributed by atoms with van der Waals surface area (Å²) in [6.07, 6.45) is 0.340. The minimum Gasteiger partial charge on any atom is -0.508 e. The third-order valence-corrected chi connectivity index (χ3v) is 7.20. The summed E-state index contributed by atoms with van der Waals surface area (Å²) < 4.78 is 0. The number of primary amides is 1. The van der Waals surface area contributed by atoms with Crippen LogP contribution in [-0.2, 0) is 20.8 Å². The molecule has 4 rings (SSSR count). The maximum absolute atomic E-state index is 13.8. The van der Waals surface area contributed by atoms with E-state index in [1.807, 2.05) is 25.1 Å². The number of hydrogen-bond donors (Lipinski definition) is 4. The van der Waals surface area contributed by atoms with Crippen LogP contribution in [0.25, 0.3) is 5.76 Å². The first-order valence-electron chi connectivity index (χ1n) is 10.8. The Morgan fingerprint density at radius 1 is 1.21 bits per heavy atom. The average molecular weight is 466 g/mol. The first-order chi connectivity index (χ1) is 15.9. The number of anilines is 1. The Balaban J connectivity index is 2.01. The van der Waals surface area contributed by atoms with E-state index >= 15 is 0 Å². The standard InChI is InChI=1S/C24H26N4O6/c1-27(2)14-6-5-10(9-25)15-12(14)7-11-8-13-18(28(3)4)20(30)17(23(26)33)22(32)24(13,34)21(31)16(11)19(15)29/h5-6,11,13,18,29,32,34H,7-8H2,1-4H3,(H2,26,33)/t11-,13-,18-,24-/m0/s1. The van der Waals surface area contributed by atoms with Gasteiger partial charge in [-0.25, -0.2) is 0 Å². The number of likely N-dealkylation sites (N-methyl/N-ethyl adjacent to an activating group) is 1. The minimum absolute atomic E-state index is 0.0649. The fourth-order valence-electron chi connectivity index (χ4n) is 5.76. The smallest absolute Gasteiger partial charge is 0.255 e. The predicted molar refractivity (Wildman–Crippen MR) is 122 cm³/mol. The van der Waals surface area contributed by atoms with E-state index in [1.165, 1.54) is 4.90 Å². The van der Waals surface area contributed by atoms with E-state index in [1.54, 1.807) is 26.2 Å². The normalized spacial score (nSPS) is 28.3. The number of nitriles is 1. The topological polar surface area (TPSA) is 168 Å². The lowest BCUT2D eigenvalue weighted by Crippen LogP contribution is -2.65. The van der Waals surface area contributed by atoms with Crippen LogP contribution in [0.4, 0.5) is 5.69 Å². The van der Waals surface area contributed by atoms with E-state index in [4.69, 9.17) is 5.73 Å². The molecule has 1 fully saturated rings. The van der Waals surface area contributed by atoms with Crippen LogP contribution >= 0.6 is 0 Å². The molecule has 5 N–H and O–H groups in total. The first-order valence-corrected chi connectivity index (χ1v) is 10.8. The zero-order chi connectivity index (χ0) is 25.3. The maximum Gasteiger partial charge on any atom is 0.255 e. The molecule has 0 saturated heterocycles. The fourth-order valence-corrected chi connectivity index (χ4v) is 5.76. The summed E-state index contributed by atoms with van der Waals surface area (Å²) in [5.74, 6) is -6.25. The van der Waals surface area contributed by atoms with Gasteiger partial charge in [0, 0.05) is 36.8 Å². The summed E-state index contributed by atoms with van der Waals surface area (Å²) in [6, 6.07) is 4.23. The van der Waals surface area contributed by atoms with Crippen LogP contribution in [0.2, 0.25) is 0 Å². The van der Waals surface area contributed by atoms with Crippen molar-refractivity contribution >= 4 is 28.9 Å².